The van der Waals surface area contributed by atoms with Crippen LogP contribution in [0.1, 0.15) is 12.0 Å². The van der Waals surface area contributed by atoms with Crippen molar-refractivity contribution < 1.29 is 4.79 Å². The van der Waals surface area contributed by atoms with E-state index in [9.17, 15) is 4.79 Å². The fourth-order valence-corrected chi connectivity index (χ4v) is 2.31. The maximum Gasteiger partial charge on any atom is 0.229 e. The summed E-state index contributed by atoms with van der Waals surface area (Å²) < 4.78 is 0. The molecule has 0 aliphatic rings. The molecule has 0 fully saturated rings. The molecule has 2 heterocycles. The minimum absolute atomic E-state index is 0.124. The number of aryl methyl sites for hydroxylation is 1. The first-order valence-corrected chi connectivity index (χ1v) is 7.85. The van der Waals surface area contributed by atoms with Crippen molar-refractivity contribution in [3.8, 4) is 11.1 Å². The summed E-state index contributed by atoms with van der Waals surface area (Å²) in [6, 6.07) is 11.2. The predicted molar refractivity (Wildman–Crippen MR) is 93.7 cm³/mol. The van der Waals surface area contributed by atoms with Crippen molar-refractivity contribution in [3.63, 3.8) is 0 Å². The number of pyridine rings is 1. The average Bonchev–Trinajstić information content (AvgIpc) is 2.63. The summed E-state index contributed by atoms with van der Waals surface area (Å²) in [4.78, 5) is 24.3. The van der Waals surface area contributed by atoms with Crippen molar-refractivity contribution in [2.75, 3.05) is 5.32 Å². The summed E-state index contributed by atoms with van der Waals surface area (Å²) in [6.07, 6.45) is 7.77. The van der Waals surface area contributed by atoms with E-state index in [1.54, 1.807) is 24.8 Å². The minimum Gasteiger partial charge on any atom is -0.295 e. The number of hydrogen-bond donors (Lipinski definition) is 1. The minimum atomic E-state index is -0.124. The molecule has 1 N–H and O–H groups in total. The molecule has 0 aliphatic carbocycles. The standard InChI is InChI=1S/C18H15ClN4O/c19-16-4-1-13(2-5-16)3-6-17(24)23-18-21-11-15(12-22-18)14-7-9-20-10-8-14/h1-2,4-5,7-12H,3,6H2,(H,21,22,23,24). The highest BCUT2D eigenvalue weighted by Crippen LogP contribution is 2.16. The molecule has 5 nitrogen and oxygen atoms in total. The van der Waals surface area contributed by atoms with Crippen LogP contribution >= 0.6 is 11.6 Å². The molecule has 3 aromatic rings. The average molecular weight is 339 g/mol. The van der Waals surface area contributed by atoms with Crippen LogP contribution in [0.4, 0.5) is 5.95 Å². The molecule has 24 heavy (non-hydrogen) atoms. The van der Waals surface area contributed by atoms with E-state index in [4.69, 9.17) is 11.6 Å². The van der Waals surface area contributed by atoms with Crippen LogP contribution in [0, 0.1) is 0 Å². The summed E-state index contributed by atoms with van der Waals surface area (Å²) in [5.74, 6) is 0.176. The molecule has 6 heteroatoms. The van der Waals surface area contributed by atoms with E-state index >= 15 is 0 Å². The lowest BCUT2D eigenvalue weighted by molar-refractivity contribution is -0.116. The van der Waals surface area contributed by atoms with E-state index in [1.807, 2.05) is 36.4 Å². The molecule has 1 amide bonds. The van der Waals surface area contributed by atoms with Gasteiger partial charge in [-0.3, -0.25) is 15.1 Å². The Bertz CT molecular complexity index is 805. The number of halogens is 1. The second-order valence-electron chi connectivity index (χ2n) is 5.21. The molecule has 2 aromatic heterocycles. The summed E-state index contributed by atoms with van der Waals surface area (Å²) in [5.41, 5.74) is 2.91. The van der Waals surface area contributed by atoms with Crippen LogP contribution < -0.4 is 5.32 Å². The molecule has 0 atom stereocenters. The van der Waals surface area contributed by atoms with Gasteiger partial charge in [-0.15, -0.1) is 0 Å². The summed E-state index contributed by atoms with van der Waals surface area (Å²) in [5, 5.41) is 3.39. The highest BCUT2D eigenvalue weighted by molar-refractivity contribution is 6.30. The molecule has 0 spiro atoms. The van der Waals surface area contributed by atoms with Gasteiger partial charge >= 0.3 is 0 Å². The van der Waals surface area contributed by atoms with Crippen LogP contribution in [0.2, 0.25) is 5.02 Å². The van der Waals surface area contributed by atoms with Crippen LogP contribution in [0.5, 0.6) is 0 Å². The van der Waals surface area contributed by atoms with Gasteiger partial charge in [-0.05, 0) is 41.8 Å². The van der Waals surface area contributed by atoms with Gasteiger partial charge < -0.3 is 0 Å². The highest BCUT2D eigenvalue weighted by Gasteiger charge is 2.06. The number of carbonyl (C=O) groups is 1. The van der Waals surface area contributed by atoms with Gasteiger partial charge in [-0.1, -0.05) is 23.7 Å². The van der Waals surface area contributed by atoms with E-state index in [2.05, 4.69) is 20.3 Å². The third kappa shape index (κ3) is 4.36. The maximum atomic E-state index is 12.0. The summed E-state index contributed by atoms with van der Waals surface area (Å²) in [7, 11) is 0. The van der Waals surface area contributed by atoms with Crippen LogP contribution in [0.15, 0.2) is 61.2 Å². The third-order valence-electron chi connectivity index (χ3n) is 3.47. The SMILES string of the molecule is O=C(CCc1ccc(Cl)cc1)Nc1ncc(-c2ccncc2)cn1. The van der Waals surface area contributed by atoms with Crippen LogP contribution in [0.25, 0.3) is 11.1 Å². The second-order valence-corrected chi connectivity index (χ2v) is 5.64. The van der Waals surface area contributed by atoms with Gasteiger partial charge in [0.15, 0.2) is 0 Å². The Morgan fingerprint density at radius 3 is 2.29 bits per heavy atom. The molecule has 0 unspecified atom stereocenters. The second kappa shape index (κ2) is 7.66. The van der Waals surface area contributed by atoms with Gasteiger partial charge in [0, 0.05) is 41.8 Å². The topological polar surface area (TPSA) is 67.8 Å². The molecule has 3 rings (SSSR count). The number of aromatic nitrogens is 3. The Hall–Kier alpha value is -2.79. The van der Waals surface area contributed by atoms with Gasteiger partial charge in [0.05, 0.1) is 0 Å². The first-order chi connectivity index (χ1) is 11.7. The molecule has 0 radical (unpaired) electrons. The first-order valence-electron chi connectivity index (χ1n) is 7.47. The van der Waals surface area contributed by atoms with Crippen molar-refractivity contribution >= 4 is 23.5 Å². The van der Waals surface area contributed by atoms with E-state index in [1.165, 1.54) is 0 Å². The lowest BCUT2D eigenvalue weighted by Crippen LogP contribution is -2.14. The Morgan fingerprint density at radius 2 is 1.62 bits per heavy atom. The number of carbonyl (C=O) groups excluding carboxylic acids is 1. The number of rotatable bonds is 5. The molecule has 1 aromatic carbocycles. The quantitative estimate of drug-likeness (QED) is 0.769. The van der Waals surface area contributed by atoms with Gasteiger partial charge in [0.25, 0.3) is 0 Å². The van der Waals surface area contributed by atoms with Gasteiger partial charge in [0.1, 0.15) is 0 Å². The molecule has 0 aliphatic heterocycles. The molecule has 0 saturated heterocycles. The van der Waals surface area contributed by atoms with Crippen molar-refractivity contribution in [1.82, 2.24) is 15.0 Å². The Morgan fingerprint density at radius 1 is 0.958 bits per heavy atom. The molecule has 0 saturated carbocycles. The Kier molecular flexibility index (Phi) is 5.13. The lowest BCUT2D eigenvalue weighted by atomic mass is 10.1. The largest absolute Gasteiger partial charge is 0.295 e. The van der Waals surface area contributed by atoms with Crippen LogP contribution in [-0.2, 0) is 11.2 Å². The van der Waals surface area contributed by atoms with Gasteiger partial charge in [0.2, 0.25) is 11.9 Å². The number of benzene rings is 1. The smallest absolute Gasteiger partial charge is 0.229 e. The van der Waals surface area contributed by atoms with Crippen molar-refractivity contribution in [1.29, 1.82) is 0 Å². The van der Waals surface area contributed by atoms with E-state index in [0.717, 1.165) is 16.7 Å². The number of amides is 1. The van der Waals surface area contributed by atoms with Crippen molar-refractivity contribution in [2.24, 2.45) is 0 Å². The van der Waals surface area contributed by atoms with E-state index < -0.39 is 0 Å². The fraction of sp³-hybridized carbons (Fsp3) is 0.111. The third-order valence-corrected chi connectivity index (χ3v) is 3.72. The fourth-order valence-electron chi connectivity index (χ4n) is 2.18. The van der Waals surface area contributed by atoms with Crippen molar-refractivity contribution in [3.05, 3.63) is 71.8 Å². The van der Waals surface area contributed by atoms with E-state index in [0.29, 0.717) is 23.8 Å². The lowest BCUT2D eigenvalue weighted by Gasteiger charge is -2.05. The van der Waals surface area contributed by atoms with Gasteiger partial charge in [-0.2, -0.15) is 0 Å². The Balaban J connectivity index is 1.55. The van der Waals surface area contributed by atoms with Gasteiger partial charge in [-0.25, -0.2) is 9.97 Å². The zero-order valence-electron chi connectivity index (χ0n) is 12.8. The zero-order chi connectivity index (χ0) is 16.8. The Labute approximate surface area is 144 Å². The number of hydrogen-bond acceptors (Lipinski definition) is 4. The summed E-state index contributed by atoms with van der Waals surface area (Å²) in [6.45, 7) is 0. The van der Waals surface area contributed by atoms with Crippen LogP contribution in [-0.4, -0.2) is 20.9 Å². The molecule has 0 bridgehead atoms. The maximum absolute atomic E-state index is 12.0. The number of nitrogens with one attached hydrogen (secondary N) is 1. The van der Waals surface area contributed by atoms with Crippen LogP contribution in [0.3, 0.4) is 0 Å². The molecule has 120 valence electrons. The highest BCUT2D eigenvalue weighted by atomic mass is 35.5. The predicted octanol–water partition coefficient (Wildman–Crippen LogP) is 3.76. The normalized spacial score (nSPS) is 10.4. The first kappa shape index (κ1) is 16.1. The molecular weight excluding hydrogens is 324 g/mol. The number of nitrogens with zero attached hydrogens (tertiary/aromatic N) is 3. The van der Waals surface area contributed by atoms with Crippen molar-refractivity contribution in [2.45, 2.75) is 12.8 Å². The number of anilines is 1. The summed E-state index contributed by atoms with van der Waals surface area (Å²) >= 11 is 5.84. The monoisotopic (exact) mass is 338 g/mol. The zero-order valence-corrected chi connectivity index (χ0v) is 13.6. The molecular formula is C18H15ClN4O. The van der Waals surface area contributed by atoms with E-state index in [-0.39, 0.29) is 5.91 Å².